The fourth-order valence-electron chi connectivity index (χ4n) is 4.47. The van der Waals surface area contributed by atoms with Gasteiger partial charge in [0.2, 0.25) is 0 Å². The molecule has 2 atom stereocenters. The Bertz CT molecular complexity index is 1470. The van der Waals surface area contributed by atoms with Crippen LogP contribution in [0, 0.1) is 5.92 Å². The second-order valence-electron chi connectivity index (χ2n) is 9.72. The van der Waals surface area contributed by atoms with Crippen LogP contribution in [0.5, 0.6) is 0 Å². The van der Waals surface area contributed by atoms with Gasteiger partial charge in [-0.25, -0.2) is 14.6 Å². The molecule has 4 heterocycles. The predicted molar refractivity (Wildman–Crippen MR) is 156 cm³/mol. The van der Waals surface area contributed by atoms with E-state index in [9.17, 15) is 24.4 Å². The van der Waals surface area contributed by atoms with Crippen molar-refractivity contribution in [3.8, 4) is 0 Å². The summed E-state index contributed by atoms with van der Waals surface area (Å²) in [6.07, 6.45) is 9.07. The Balaban J connectivity index is 1.25. The number of fused-ring (bicyclic) bond motifs is 1. The van der Waals surface area contributed by atoms with Crippen LogP contribution >= 0.6 is 23.1 Å². The number of rotatable bonds is 11. The molecule has 0 aromatic carbocycles. The van der Waals surface area contributed by atoms with Crippen LogP contribution in [0.1, 0.15) is 30.5 Å². The molecule has 1 saturated heterocycles. The van der Waals surface area contributed by atoms with E-state index in [1.54, 1.807) is 30.6 Å². The highest BCUT2D eigenvalue weighted by Gasteiger charge is 2.54. The Morgan fingerprint density at radius 1 is 1.21 bits per heavy atom. The number of hydrogen-bond donors (Lipinski definition) is 3. The number of oxime groups is 1. The lowest BCUT2D eigenvalue weighted by molar-refractivity contribution is -0.153. The van der Waals surface area contributed by atoms with Crippen LogP contribution in [0.3, 0.4) is 0 Å². The minimum absolute atomic E-state index is 0.00951. The number of nitrogens with two attached hydrogens (primary N) is 1. The summed E-state index contributed by atoms with van der Waals surface area (Å²) in [5.41, 5.74) is 6.58. The van der Waals surface area contributed by atoms with E-state index in [1.165, 1.54) is 22.0 Å². The number of nitrogens with zero attached hydrogens (tertiary/aromatic N) is 4. The first kappa shape index (κ1) is 30.0. The number of nitrogens with one attached hydrogen (secondary N) is 1. The lowest BCUT2D eigenvalue weighted by Gasteiger charge is -2.49. The quantitative estimate of drug-likeness (QED) is 0.0820. The van der Waals surface area contributed by atoms with Crippen molar-refractivity contribution in [1.82, 2.24) is 20.2 Å². The van der Waals surface area contributed by atoms with Crippen molar-refractivity contribution in [3.63, 3.8) is 0 Å². The van der Waals surface area contributed by atoms with E-state index in [4.69, 9.17) is 19.9 Å². The molecule has 5 rings (SSSR count). The molecule has 4 N–H and O–H groups in total. The number of pyridine rings is 1. The zero-order valence-electron chi connectivity index (χ0n) is 22.7. The van der Waals surface area contributed by atoms with Crippen molar-refractivity contribution >= 4 is 64.0 Å². The summed E-state index contributed by atoms with van der Waals surface area (Å²) < 4.78 is 15.4. The number of thiazole rings is 1. The lowest BCUT2D eigenvalue weighted by atomic mass is 9.86. The fraction of sp³-hybridized carbons (Fsp3) is 0.370. The molecule has 226 valence electrons. The highest BCUT2D eigenvalue weighted by atomic mass is 32.2. The maximum absolute atomic E-state index is 13.3. The van der Waals surface area contributed by atoms with Gasteiger partial charge in [-0.2, -0.15) is 0 Å². The Morgan fingerprint density at radius 3 is 2.70 bits per heavy atom. The van der Waals surface area contributed by atoms with Gasteiger partial charge in [-0.3, -0.25) is 19.5 Å². The Kier molecular flexibility index (Phi) is 9.56. The largest absolute Gasteiger partial charge is 0.508 e. The van der Waals surface area contributed by atoms with Crippen molar-refractivity contribution in [2.45, 2.75) is 30.7 Å². The number of carbonyl (C=O) groups is 4. The molecule has 2 aromatic heterocycles. The third kappa shape index (κ3) is 6.97. The number of allylic oxidation sites excluding steroid dienone is 1. The van der Waals surface area contributed by atoms with E-state index < -0.39 is 41.1 Å². The average Bonchev–Trinajstić information content (AvgIpc) is 3.41. The number of aromatic nitrogens is 2. The Morgan fingerprint density at radius 2 is 2.02 bits per heavy atom. The van der Waals surface area contributed by atoms with Gasteiger partial charge in [0.05, 0.1) is 6.61 Å². The highest BCUT2D eigenvalue weighted by molar-refractivity contribution is 8.00. The van der Waals surface area contributed by atoms with E-state index in [-0.39, 0.29) is 29.7 Å². The van der Waals surface area contributed by atoms with E-state index in [0.717, 1.165) is 36.2 Å². The summed E-state index contributed by atoms with van der Waals surface area (Å²) >= 11 is 2.39. The number of ether oxygens (including phenoxy) is 3. The van der Waals surface area contributed by atoms with Crippen molar-refractivity contribution in [2.24, 2.45) is 11.1 Å². The molecule has 2 amide bonds. The minimum atomic E-state index is -1.01. The van der Waals surface area contributed by atoms with Gasteiger partial charge >= 0.3 is 12.1 Å². The summed E-state index contributed by atoms with van der Waals surface area (Å²) in [5, 5.41) is 16.0. The maximum atomic E-state index is 13.3. The molecule has 2 aromatic rings. The van der Waals surface area contributed by atoms with Crippen LogP contribution in [-0.4, -0.2) is 86.7 Å². The molecule has 0 bridgehead atoms. The smallest absolute Gasteiger partial charge is 0.457 e. The molecule has 0 unspecified atom stereocenters. The minimum Gasteiger partial charge on any atom is -0.457 e. The van der Waals surface area contributed by atoms with Crippen molar-refractivity contribution in [3.05, 3.63) is 58.5 Å². The maximum Gasteiger partial charge on any atom is 0.508 e. The fourth-order valence-corrected chi connectivity index (χ4v) is 6.33. The van der Waals surface area contributed by atoms with Gasteiger partial charge in [-0.05, 0) is 36.0 Å². The van der Waals surface area contributed by atoms with E-state index in [2.05, 4.69) is 20.4 Å². The number of esters is 1. The van der Waals surface area contributed by atoms with Crippen LogP contribution in [-0.2, 0) is 28.6 Å². The van der Waals surface area contributed by atoms with Gasteiger partial charge in [0, 0.05) is 23.5 Å². The van der Waals surface area contributed by atoms with Crippen LogP contribution in [0.15, 0.2) is 52.4 Å². The molecule has 1 saturated carbocycles. The molecular formula is C27H28N6O8S2. The average molecular weight is 629 g/mol. The molecule has 0 radical (unpaired) electrons. The summed E-state index contributed by atoms with van der Waals surface area (Å²) in [7, 11) is 0. The Labute approximate surface area is 254 Å². The topological polar surface area (TPSA) is 196 Å². The molecule has 2 fully saturated rings. The number of nitrogen functional groups attached to an aromatic ring is 1. The van der Waals surface area contributed by atoms with Crippen molar-refractivity contribution in [1.29, 1.82) is 0 Å². The first-order valence-electron chi connectivity index (χ1n) is 13.3. The molecule has 43 heavy (non-hydrogen) atoms. The lowest BCUT2D eigenvalue weighted by Crippen LogP contribution is -2.71. The summed E-state index contributed by atoms with van der Waals surface area (Å²) in [5.74, 6) is -1.51. The molecule has 16 heteroatoms. The normalized spacial score (nSPS) is 20.2. The summed E-state index contributed by atoms with van der Waals surface area (Å²) in [4.78, 5) is 60.5. The van der Waals surface area contributed by atoms with Gasteiger partial charge in [-0.1, -0.05) is 29.8 Å². The highest BCUT2D eigenvalue weighted by Crippen LogP contribution is 2.41. The van der Waals surface area contributed by atoms with Gasteiger partial charge < -0.3 is 30.5 Å². The molecule has 3 aliphatic rings. The second-order valence-corrected chi connectivity index (χ2v) is 11.7. The first-order chi connectivity index (χ1) is 20.9. The molecule has 14 nitrogen and oxygen atoms in total. The molecule has 0 spiro atoms. The number of carbonyl (C=O) groups excluding carboxylic acids is 4. The third-order valence-corrected chi connectivity index (χ3v) is 8.89. The zero-order chi connectivity index (χ0) is 30.3. The van der Waals surface area contributed by atoms with Gasteiger partial charge in [0.1, 0.15) is 36.0 Å². The van der Waals surface area contributed by atoms with Crippen LogP contribution < -0.4 is 11.1 Å². The molecular weight excluding hydrogens is 600 g/mol. The number of β-lactam (4-membered cyclic amide) rings is 1. The van der Waals surface area contributed by atoms with Crippen molar-refractivity contribution in [2.75, 3.05) is 31.3 Å². The summed E-state index contributed by atoms with van der Waals surface area (Å²) in [6.45, 7) is -0.179. The van der Waals surface area contributed by atoms with Gasteiger partial charge in [-0.15, -0.1) is 23.1 Å². The monoisotopic (exact) mass is 628 g/mol. The summed E-state index contributed by atoms with van der Waals surface area (Å²) in [6, 6.07) is 2.59. The van der Waals surface area contributed by atoms with E-state index in [1.807, 2.05) is 6.07 Å². The zero-order valence-corrected chi connectivity index (χ0v) is 24.3. The van der Waals surface area contributed by atoms with Crippen LogP contribution in [0.25, 0.3) is 6.08 Å². The number of amides is 2. The Hall–Kier alpha value is -4.44. The second kappa shape index (κ2) is 13.7. The predicted octanol–water partition coefficient (Wildman–Crippen LogP) is 2.16. The third-order valence-electron chi connectivity index (χ3n) is 6.92. The van der Waals surface area contributed by atoms with E-state index >= 15 is 0 Å². The molecule has 1 aliphatic carbocycles. The number of thioether (sulfide) groups is 1. The first-order valence-corrected chi connectivity index (χ1v) is 15.3. The number of anilines is 1. The SMILES string of the molecule is Nc1nc(C(=NO)C(=O)N[C@@H]2C(=O)N3C(C(=O)OCCOC(=O)OCC4CCC4)=C(/C=C\c4cccnc4)CS[C@@H]23)cs1. The van der Waals surface area contributed by atoms with E-state index in [0.29, 0.717) is 23.9 Å². The van der Waals surface area contributed by atoms with Crippen LogP contribution in [0.4, 0.5) is 9.93 Å². The number of hydrogen-bond acceptors (Lipinski definition) is 14. The van der Waals surface area contributed by atoms with Crippen LogP contribution in [0.2, 0.25) is 0 Å². The van der Waals surface area contributed by atoms with Gasteiger partial charge in [0.25, 0.3) is 11.8 Å². The molecule has 2 aliphatic heterocycles. The van der Waals surface area contributed by atoms with Gasteiger partial charge in [0.15, 0.2) is 10.8 Å². The van der Waals surface area contributed by atoms with Crippen molar-refractivity contribution < 1.29 is 38.6 Å². The standard InChI is InChI=1S/C27H28N6O8S2/c28-26-30-18(14-43-26)19(32-38)22(34)31-20-23(35)33-21(17(13-42-24(20)33)7-6-15-5-2-8-29-11-15)25(36)39-9-10-40-27(37)41-12-16-3-1-4-16/h2,5-8,11,14,16,20,24,38H,1,3-4,9-10,12-13H2,(H2,28,30)(H,31,34)/b7-6-,32-19?/t20-,24+/m1/s1.